The number of ether oxygens (including phenoxy) is 2. The average Bonchev–Trinajstić information content (AvgIpc) is 3.24. The molecule has 6 rings (SSSR count). The molecule has 1 heterocycles. The number of nitrogens with zero attached hydrogens (tertiary/aromatic N) is 1. The Hall–Kier alpha value is -2.06. The van der Waals surface area contributed by atoms with Crippen LogP contribution in [0.4, 0.5) is 22.0 Å². The normalized spacial score (nSPS) is 38.1. The van der Waals surface area contributed by atoms with E-state index >= 15 is 8.78 Å². The van der Waals surface area contributed by atoms with Crippen LogP contribution in [0.5, 0.6) is 0 Å². The van der Waals surface area contributed by atoms with Gasteiger partial charge in [-0.05, 0) is 73.5 Å². The van der Waals surface area contributed by atoms with E-state index < -0.39 is 52.8 Å². The van der Waals surface area contributed by atoms with Crippen molar-refractivity contribution in [3.63, 3.8) is 0 Å². The van der Waals surface area contributed by atoms with Crippen molar-refractivity contribution >= 4 is 0 Å². The molecule has 5 nitrogen and oxygen atoms in total. The molecule has 5 aliphatic rings. The summed E-state index contributed by atoms with van der Waals surface area (Å²) in [6.07, 6.45) is -3.81. The Morgan fingerprint density at radius 2 is 1.61 bits per heavy atom. The van der Waals surface area contributed by atoms with Crippen LogP contribution >= 0.6 is 0 Å². The number of nitriles is 1. The van der Waals surface area contributed by atoms with Gasteiger partial charge in [0.1, 0.15) is 5.60 Å². The molecule has 4 fully saturated rings. The maximum atomic E-state index is 15.3. The largest absolute Gasteiger partial charge is 0.456 e. The number of alkyl halides is 5. The van der Waals surface area contributed by atoms with Crippen molar-refractivity contribution in [2.75, 3.05) is 13.2 Å². The molecule has 2 N–H and O–H groups in total. The fourth-order valence-corrected chi connectivity index (χ4v) is 9.42. The maximum Gasteiger partial charge on any atom is 0.456 e. The monoisotopic (exact) mass is 623 g/mol. The molecule has 6 atom stereocenters. The van der Waals surface area contributed by atoms with Gasteiger partial charge in [0.15, 0.2) is 5.79 Å². The Labute approximate surface area is 255 Å². The predicted molar refractivity (Wildman–Crippen MR) is 151 cm³/mol. The van der Waals surface area contributed by atoms with Crippen molar-refractivity contribution in [3.8, 4) is 6.07 Å². The second-order valence-electron chi connectivity index (χ2n) is 15.1. The lowest BCUT2D eigenvalue weighted by atomic mass is 9.49. The lowest BCUT2D eigenvalue weighted by molar-refractivity contribution is -0.362. The maximum absolute atomic E-state index is 15.3. The SMILES string of the molecule is CC1(C)COC2(CCC3=C4C(CCC3(O)C2)C2CC[C@@](O)(C(F)(F)C(F)(F)F)[C@@]2(C)C[C@@H]4c2ccc(CCC#N)cc2)OC1. The molecule has 1 aromatic rings. The molecule has 1 aliphatic heterocycles. The first-order valence-corrected chi connectivity index (χ1v) is 15.8. The van der Waals surface area contributed by atoms with Gasteiger partial charge in [-0.1, -0.05) is 50.6 Å². The van der Waals surface area contributed by atoms with Gasteiger partial charge < -0.3 is 19.7 Å². The topological polar surface area (TPSA) is 82.7 Å². The van der Waals surface area contributed by atoms with E-state index in [0.29, 0.717) is 51.7 Å². The van der Waals surface area contributed by atoms with Gasteiger partial charge in [-0.25, -0.2) is 0 Å². The van der Waals surface area contributed by atoms with Gasteiger partial charge in [-0.15, -0.1) is 0 Å². The molecule has 0 aromatic heterocycles. The number of hydrogen-bond acceptors (Lipinski definition) is 5. The highest BCUT2D eigenvalue weighted by molar-refractivity contribution is 5.45. The van der Waals surface area contributed by atoms with Gasteiger partial charge in [0.2, 0.25) is 0 Å². The van der Waals surface area contributed by atoms with Crippen molar-refractivity contribution in [2.45, 2.75) is 120 Å². The van der Waals surface area contributed by atoms with E-state index in [-0.39, 0.29) is 30.6 Å². The summed E-state index contributed by atoms with van der Waals surface area (Å²) in [5.74, 6) is -7.73. The zero-order valence-electron chi connectivity index (χ0n) is 25.6. The highest BCUT2D eigenvalue weighted by Gasteiger charge is 2.79. The Morgan fingerprint density at radius 3 is 2.23 bits per heavy atom. The molecule has 4 aliphatic carbocycles. The Morgan fingerprint density at radius 1 is 0.955 bits per heavy atom. The highest BCUT2D eigenvalue weighted by Crippen LogP contribution is 2.71. The molecule has 1 spiro atoms. The molecule has 0 bridgehead atoms. The first-order chi connectivity index (χ1) is 20.4. The van der Waals surface area contributed by atoms with E-state index in [1.165, 1.54) is 6.92 Å². The number of aliphatic hydroxyl groups is 2. The number of allylic oxidation sites excluding steroid dienone is 1. The summed E-state index contributed by atoms with van der Waals surface area (Å²) in [5, 5.41) is 32.7. The zero-order valence-corrected chi connectivity index (χ0v) is 25.6. The van der Waals surface area contributed by atoms with E-state index in [1.807, 2.05) is 24.3 Å². The first kappa shape index (κ1) is 31.9. The van der Waals surface area contributed by atoms with Crippen LogP contribution in [-0.2, 0) is 15.9 Å². The number of hydrogen-bond donors (Lipinski definition) is 2. The molecule has 0 radical (unpaired) electrons. The summed E-state index contributed by atoms with van der Waals surface area (Å²) < 4.78 is 84.6. The van der Waals surface area contributed by atoms with Crippen molar-refractivity contribution in [3.05, 3.63) is 46.5 Å². The standard InChI is InChI=1S/C34H42F5NO4/c1-28(2)19-43-31(44-20-28)14-11-26-27-23(10-13-30(26,41)18-31)25-12-15-32(42,33(35,36)34(37,38)39)29(25,3)17-24(27)22-8-6-21(7-9-22)5-4-16-40/h6-9,23-25,41-42H,4-5,10-15,17-20H2,1-3H3/t23?,24-,25?,29+,30?,32+/m1/s1. The molecule has 10 heteroatoms. The van der Waals surface area contributed by atoms with E-state index in [1.54, 1.807) is 0 Å². The lowest BCUT2D eigenvalue weighted by Crippen LogP contribution is -2.65. The van der Waals surface area contributed by atoms with Crippen molar-refractivity contribution in [1.29, 1.82) is 5.26 Å². The molecule has 3 saturated carbocycles. The fourth-order valence-electron chi connectivity index (χ4n) is 9.42. The van der Waals surface area contributed by atoms with E-state index in [9.17, 15) is 23.4 Å². The summed E-state index contributed by atoms with van der Waals surface area (Å²) in [4.78, 5) is 0. The average molecular weight is 624 g/mol. The number of halogens is 5. The quantitative estimate of drug-likeness (QED) is 0.271. The first-order valence-electron chi connectivity index (χ1n) is 15.8. The molecular weight excluding hydrogens is 581 g/mol. The van der Waals surface area contributed by atoms with E-state index in [0.717, 1.165) is 22.3 Å². The third-order valence-electron chi connectivity index (χ3n) is 11.8. The molecule has 1 aromatic carbocycles. The van der Waals surface area contributed by atoms with Crippen LogP contribution in [0.15, 0.2) is 35.4 Å². The molecule has 3 unspecified atom stereocenters. The predicted octanol–water partition coefficient (Wildman–Crippen LogP) is 7.37. The van der Waals surface area contributed by atoms with Crippen LogP contribution in [0.2, 0.25) is 0 Å². The summed E-state index contributed by atoms with van der Waals surface area (Å²) in [6.45, 7) is 6.50. The summed E-state index contributed by atoms with van der Waals surface area (Å²) in [6, 6.07) is 9.55. The number of aryl methyl sites for hydroxylation is 1. The zero-order chi connectivity index (χ0) is 32.0. The van der Waals surface area contributed by atoms with E-state index in [4.69, 9.17) is 14.7 Å². The number of fused-ring (bicyclic) bond motifs is 4. The lowest BCUT2D eigenvalue weighted by Gasteiger charge is -2.59. The molecular formula is C34H42F5NO4. The van der Waals surface area contributed by atoms with Crippen molar-refractivity contribution in [1.82, 2.24) is 0 Å². The minimum atomic E-state index is -5.89. The summed E-state index contributed by atoms with van der Waals surface area (Å²) in [7, 11) is 0. The van der Waals surface area contributed by atoms with Gasteiger partial charge in [0.25, 0.3) is 0 Å². The van der Waals surface area contributed by atoms with E-state index in [2.05, 4.69) is 19.9 Å². The molecule has 242 valence electrons. The number of benzene rings is 1. The molecule has 0 amide bonds. The second-order valence-corrected chi connectivity index (χ2v) is 15.1. The van der Waals surface area contributed by atoms with Crippen LogP contribution in [0.3, 0.4) is 0 Å². The van der Waals surface area contributed by atoms with Gasteiger partial charge in [-0.2, -0.15) is 27.2 Å². The van der Waals surface area contributed by atoms with Crippen LogP contribution in [-0.4, -0.2) is 52.5 Å². The van der Waals surface area contributed by atoms with Crippen LogP contribution in [0.1, 0.15) is 95.6 Å². The third kappa shape index (κ3) is 4.66. The van der Waals surface area contributed by atoms with Crippen LogP contribution < -0.4 is 0 Å². The van der Waals surface area contributed by atoms with Gasteiger partial charge in [0.05, 0.1) is 24.9 Å². The Kier molecular flexibility index (Phi) is 7.41. The summed E-state index contributed by atoms with van der Waals surface area (Å²) in [5.41, 5.74) is -2.97. The third-order valence-corrected chi connectivity index (χ3v) is 11.8. The van der Waals surface area contributed by atoms with Gasteiger partial charge in [-0.3, -0.25) is 0 Å². The Bertz CT molecular complexity index is 1360. The van der Waals surface area contributed by atoms with Gasteiger partial charge in [0, 0.05) is 36.0 Å². The van der Waals surface area contributed by atoms with Gasteiger partial charge >= 0.3 is 12.1 Å². The smallest absolute Gasteiger partial charge is 0.385 e. The molecule has 1 saturated heterocycles. The minimum Gasteiger partial charge on any atom is -0.385 e. The fraction of sp³-hybridized carbons (Fsp3) is 0.735. The van der Waals surface area contributed by atoms with Crippen molar-refractivity contribution in [2.24, 2.45) is 22.7 Å². The van der Waals surface area contributed by atoms with Crippen molar-refractivity contribution < 1.29 is 41.6 Å². The summed E-state index contributed by atoms with van der Waals surface area (Å²) >= 11 is 0. The highest BCUT2D eigenvalue weighted by atomic mass is 19.4. The molecule has 44 heavy (non-hydrogen) atoms. The number of rotatable bonds is 4. The minimum absolute atomic E-state index is 0.0452. The Balaban J connectivity index is 1.44. The second kappa shape index (κ2) is 10.2. The van der Waals surface area contributed by atoms with Crippen LogP contribution in [0.25, 0.3) is 0 Å². The van der Waals surface area contributed by atoms with Crippen LogP contribution in [0, 0.1) is 34.0 Å².